The molecule has 1 unspecified atom stereocenters. The zero-order valence-corrected chi connectivity index (χ0v) is 12.8. The molecular formula is C15H26N4O. The molecule has 0 aliphatic carbocycles. The molecule has 112 valence electrons. The highest BCUT2D eigenvalue weighted by Crippen LogP contribution is 2.05. The minimum Gasteiger partial charge on any atom is -0.369 e. The Labute approximate surface area is 121 Å². The summed E-state index contributed by atoms with van der Waals surface area (Å²) >= 11 is 0. The van der Waals surface area contributed by atoms with E-state index < -0.39 is 0 Å². The molecule has 0 aliphatic heterocycles. The van der Waals surface area contributed by atoms with Crippen molar-refractivity contribution in [1.82, 2.24) is 15.3 Å². The summed E-state index contributed by atoms with van der Waals surface area (Å²) in [5.41, 5.74) is 0.370. The number of carbonyl (C=O) groups is 1. The van der Waals surface area contributed by atoms with Crippen LogP contribution < -0.4 is 10.6 Å². The van der Waals surface area contributed by atoms with E-state index in [0.29, 0.717) is 11.5 Å². The molecule has 0 radical (unpaired) electrons. The average Bonchev–Trinajstić information content (AvgIpc) is 2.46. The van der Waals surface area contributed by atoms with E-state index in [4.69, 9.17) is 0 Å². The highest BCUT2D eigenvalue weighted by Gasteiger charge is 2.11. The molecule has 0 aromatic carbocycles. The van der Waals surface area contributed by atoms with Crippen LogP contribution in [0.5, 0.6) is 0 Å². The Hall–Kier alpha value is -1.65. The number of aromatic nitrogens is 2. The van der Waals surface area contributed by atoms with Gasteiger partial charge in [-0.2, -0.15) is 0 Å². The summed E-state index contributed by atoms with van der Waals surface area (Å²) in [6.07, 6.45) is 8.69. The highest BCUT2D eigenvalue weighted by molar-refractivity contribution is 5.92. The lowest BCUT2D eigenvalue weighted by atomic mass is 10.1. The molecule has 1 rings (SSSR count). The maximum Gasteiger partial charge on any atom is 0.271 e. The van der Waals surface area contributed by atoms with Gasteiger partial charge in [-0.25, -0.2) is 9.97 Å². The van der Waals surface area contributed by atoms with Gasteiger partial charge in [0.1, 0.15) is 11.5 Å². The fraction of sp³-hybridized carbons (Fsp3) is 0.667. The molecule has 1 aromatic rings. The SMILES string of the molecule is CCCCCC(C)NC(=O)c1cnc(NCCC)cn1. The van der Waals surface area contributed by atoms with Crippen LogP contribution in [0.15, 0.2) is 12.4 Å². The lowest BCUT2D eigenvalue weighted by molar-refractivity contribution is 0.0932. The van der Waals surface area contributed by atoms with Crippen LogP contribution >= 0.6 is 0 Å². The van der Waals surface area contributed by atoms with Gasteiger partial charge in [0.2, 0.25) is 0 Å². The first kappa shape index (κ1) is 16.4. The molecule has 1 aromatic heterocycles. The fourth-order valence-corrected chi connectivity index (χ4v) is 1.86. The van der Waals surface area contributed by atoms with Crippen LogP contribution in [-0.2, 0) is 0 Å². The summed E-state index contributed by atoms with van der Waals surface area (Å²) in [4.78, 5) is 20.3. The zero-order valence-electron chi connectivity index (χ0n) is 12.8. The lowest BCUT2D eigenvalue weighted by Crippen LogP contribution is -2.33. The first-order valence-corrected chi connectivity index (χ1v) is 7.54. The molecule has 1 heterocycles. The molecule has 0 saturated carbocycles. The second kappa shape index (κ2) is 9.28. The van der Waals surface area contributed by atoms with E-state index in [2.05, 4.69) is 34.4 Å². The Morgan fingerprint density at radius 2 is 2.00 bits per heavy atom. The summed E-state index contributed by atoms with van der Waals surface area (Å²) < 4.78 is 0. The summed E-state index contributed by atoms with van der Waals surface area (Å²) in [6, 6.07) is 0.175. The van der Waals surface area contributed by atoms with Gasteiger partial charge >= 0.3 is 0 Å². The van der Waals surface area contributed by atoms with E-state index in [-0.39, 0.29) is 11.9 Å². The topological polar surface area (TPSA) is 66.9 Å². The normalized spacial score (nSPS) is 11.9. The molecule has 2 N–H and O–H groups in total. The van der Waals surface area contributed by atoms with E-state index >= 15 is 0 Å². The molecule has 5 heteroatoms. The van der Waals surface area contributed by atoms with Crippen molar-refractivity contribution in [3.63, 3.8) is 0 Å². The molecule has 0 bridgehead atoms. The first-order chi connectivity index (χ1) is 9.67. The molecule has 20 heavy (non-hydrogen) atoms. The van der Waals surface area contributed by atoms with E-state index in [9.17, 15) is 4.79 Å². The summed E-state index contributed by atoms with van der Waals surface area (Å²) in [7, 11) is 0. The monoisotopic (exact) mass is 278 g/mol. The summed E-state index contributed by atoms with van der Waals surface area (Å²) in [5, 5.41) is 6.09. The van der Waals surface area contributed by atoms with Crippen molar-refractivity contribution in [2.75, 3.05) is 11.9 Å². The molecule has 0 fully saturated rings. The van der Waals surface area contributed by atoms with Crippen molar-refractivity contribution >= 4 is 11.7 Å². The van der Waals surface area contributed by atoms with Crippen molar-refractivity contribution in [3.05, 3.63) is 18.1 Å². The van der Waals surface area contributed by atoms with Crippen LogP contribution in [0.3, 0.4) is 0 Å². The number of nitrogens with zero attached hydrogens (tertiary/aromatic N) is 2. The fourth-order valence-electron chi connectivity index (χ4n) is 1.86. The van der Waals surface area contributed by atoms with Gasteiger partial charge < -0.3 is 10.6 Å². The Bertz CT molecular complexity index is 391. The molecular weight excluding hydrogens is 252 g/mol. The van der Waals surface area contributed by atoms with Crippen LogP contribution in [0.25, 0.3) is 0 Å². The van der Waals surface area contributed by atoms with Crippen molar-refractivity contribution in [2.24, 2.45) is 0 Å². The number of hydrogen-bond donors (Lipinski definition) is 2. The number of amides is 1. The van der Waals surface area contributed by atoms with Gasteiger partial charge in [0.15, 0.2) is 0 Å². The third-order valence-electron chi connectivity index (χ3n) is 3.06. The Kier molecular flexibility index (Phi) is 7.62. The van der Waals surface area contributed by atoms with Gasteiger partial charge in [0, 0.05) is 12.6 Å². The van der Waals surface area contributed by atoms with Crippen LogP contribution in [0, 0.1) is 0 Å². The van der Waals surface area contributed by atoms with E-state index in [1.807, 2.05) is 6.92 Å². The minimum atomic E-state index is -0.150. The summed E-state index contributed by atoms with van der Waals surface area (Å²) in [6.45, 7) is 7.14. The molecule has 1 atom stereocenters. The largest absolute Gasteiger partial charge is 0.369 e. The standard InChI is InChI=1S/C15H26N4O/c1-4-6-7-8-12(3)19-15(20)13-10-18-14(11-17-13)16-9-5-2/h10-12H,4-9H2,1-3H3,(H,16,18)(H,19,20). The zero-order chi connectivity index (χ0) is 14.8. The first-order valence-electron chi connectivity index (χ1n) is 7.54. The van der Waals surface area contributed by atoms with Gasteiger partial charge in [-0.15, -0.1) is 0 Å². The van der Waals surface area contributed by atoms with Crippen molar-refractivity contribution in [1.29, 1.82) is 0 Å². The van der Waals surface area contributed by atoms with E-state index in [1.54, 1.807) is 6.20 Å². The van der Waals surface area contributed by atoms with Crippen LogP contribution in [0.2, 0.25) is 0 Å². The van der Waals surface area contributed by atoms with Crippen molar-refractivity contribution in [2.45, 2.75) is 58.9 Å². The Morgan fingerprint density at radius 3 is 2.60 bits per heavy atom. The maximum atomic E-state index is 12.0. The number of anilines is 1. The quantitative estimate of drug-likeness (QED) is 0.681. The third-order valence-corrected chi connectivity index (χ3v) is 3.06. The minimum absolute atomic E-state index is 0.150. The average molecular weight is 278 g/mol. The van der Waals surface area contributed by atoms with E-state index in [1.165, 1.54) is 19.0 Å². The third kappa shape index (κ3) is 5.99. The van der Waals surface area contributed by atoms with Crippen molar-refractivity contribution < 1.29 is 4.79 Å². The second-order valence-electron chi connectivity index (χ2n) is 5.08. The van der Waals surface area contributed by atoms with Crippen LogP contribution in [-0.4, -0.2) is 28.5 Å². The number of nitrogens with one attached hydrogen (secondary N) is 2. The predicted molar refractivity (Wildman–Crippen MR) is 81.9 cm³/mol. The maximum absolute atomic E-state index is 12.0. The molecule has 0 spiro atoms. The van der Waals surface area contributed by atoms with Gasteiger partial charge in [-0.1, -0.05) is 33.1 Å². The van der Waals surface area contributed by atoms with Gasteiger partial charge in [0.05, 0.1) is 12.4 Å². The number of unbranched alkanes of at least 4 members (excludes halogenated alkanes) is 2. The highest BCUT2D eigenvalue weighted by atomic mass is 16.1. The van der Waals surface area contributed by atoms with E-state index in [0.717, 1.165) is 25.8 Å². The Morgan fingerprint density at radius 1 is 1.20 bits per heavy atom. The smallest absolute Gasteiger partial charge is 0.271 e. The molecule has 5 nitrogen and oxygen atoms in total. The predicted octanol–water partition coefficient (Wildman–Crippen LogP) is 3.00. The second-order valence-corrected chi connectivity index (χ2v) is 5.08. The number of hydrogen-bond acceptors (Lipinski definition) is 4. The Balaban J connectivity index is 2.42. The number of carbonyl (C=O) groups excluding carboxylic acids is 1. The van der Waals surface area contributed by atoms with Crippen LogP contribution in [0.4, 0.5) is 5.82 Å². The van der Waals surface area contributed by atoms with Crippen molar-refractivity contribution in [3.8, 4) is 0 Å². The van der Waals surface area contributed by atoms with Gasteiger partial charge in [0.25, 0.3) is 5.91 Å². The van der Waals surface area contributed by atoms with Crippen LogP contribution in [0.1, 0.15) is 63.4 Å². The van der Waals surface area contributed by atoms with Gasteiger partial charge in [-0.3, -0.25) is 4.79 Å². The molecule has 0 aliphatic rings. The molecule has 1 amide bonds. The van der Waals surface area contributed by atoms with Gasteiger partial charge in [-0.05, 0) is 19.8 Å². The lowest BCUT2D eigenvalue weighted by Gasteiger charge is -2.13. The summed E-state index contributed by atoms with van der Waals surface area (Å²) in [5.74, 6) is 0.558. The molecule has 0 saturated heterocycles. The number of rotatable bonds is 9.